The van der Waals surface area contributed by atoms with E-state index in [4.69, 9.17) is 4.74 Å². The number of hydrogen-bond donors (Lipinski definition) is 1. The van der Waals surface area contributed by atoms with Gasteiger partial charge in [0.05, 0.1) is 19.1 Å². The van der Waals surface area contributed by atoms with Crippen molar-refractivity contribution >= 4 is 43.5 Å². The van der Waals surface area contributed by atoms with Crippen molar-refractivity contribution in [2.24, 2.45) is 0 Å². The lowest BCUT2D eigenvalue weighted by Crippen LogP contribution is -2.52. The molecule has 0 bridgehead atoms. The van der Waals surface area contributed by atoms with Crippen LogP contribution in [-0.2, 0) is 26.2 Å². The Morgan fingerprint density at radius 1 is 1.17 bits per heavy atom. The zero-order valence-electron chi connectivity index (χ0n) is 21.2. The van der Waals surface area contributed by atoms with Crippen molar-refractivity contribution < 1.29 is 22.7 Å². The van der Waals surface area contributed by atoms with Crippen molar-refractivity contribution in [3.05, 3.63) is 58.1 Å². The summed E-state index contributed by atoms with van der Waals surface area (Å²) in [6.07, 6.45) is 5.06. The maximum atomic E-state index is 13.7. The molecule has 36 heavy (non-hydrogen) atoms. The molecular formula is C26H34BrN3O5S. The average Bonchev–Trinajstić information content (AvgIpc) is 3.34. The minimum Gasteiger partial charge on any atom is -0.497 e. The van der Waals surface area contributed by atoms with Gasteiger partial charge in [-0.1, -0.05) is 40.9 Å². The first-order valence-electron chi connectivity index (χ1n) is 12.0. The first-order valence-corrected chi connectivity index (χ1v) is 14.6. The van der Waals surface area contributed by atoms with Crippen LogP contribution >= 0.6 is 15.9 Å². The average molecular weight is 581 g/mol. The highest BCUT2D eigenvalue weighted by Crippen LogP contribution is 2.25. The number of amides is 2. The summed E-state index contributed by atoms with van der Waals surface area (Å²) < 4.78 is 32.6. The number of carbonyl (C=O) groups is 2. The number of halogens is 1. The van der Waals surface area contributed by atoms with Crippen LogP contribution in [0.5, 0.6) is 5.75 Å². The Morgan fingerprint density at radius 2 is 1.86 bits per heavy atom. The van der Waals surface area contributed by atoms with Crippen molar-refractivity contribution in [2.75, 3.05) is 24.2 Å². The van der Waals surface area contributed by atoms with Crippen LogP contribution in [0, 0.1) is 6.92 Å². The third-order valence-electron chi connectivity index (χ3n) is 6.46. The van der Waals surface area contributed by atoms with Crippen LogP contribution in [0.4, 0.5) is 5.69 Å². The summed E-state index contributed by atoms with van der Waals surface area (Å²) in [5, 5.41) is 3.06. The summed E-state index contributed by atoms with van der Waals surface area (Å²) in [6, 6.07) is 11.7. The van der Waals surface area contributed by atoms with E-state index in [1.807, 2.05) is 19.1 Å². The molecule has 1 N–H and O–H groups in total. The zero-order chi connectivity index (χ0) is 26.5. The molecule has 1 aliphatic carbocycles. The van der Waals surface area contributed by atoms with Gasteiger partial charge in [0, 0.05) is 17.1 Å². The van der Waals surface area contributed by atoms with E-state index in [0.717, 1.165) is 51.8 Å². The van der Waals surface area contributed by atoms with Crippen LogP contribution in [0.25, 0.3) is 0 Å². The van der Waals surface area contributed by atoms with Gasteiger partial charge >= 0.3 is 0 Å². The zero-order valence-corrected chi connectivity index (χ0v) is 23.6. The Labute approximate surface area is 222 Å². The van der Waals surface area contributed by atoms with Gasteiger partial charge in [-0.15, -0.1) is 0 Å². The quantitative estimate of drug-likeness (QED) is 0.459. The number of nitrogens with one attached hydrogen (secondary N) is 1. The Hall–Kier alpha value is -2.59. The second-order valence-corrected chi connectivity index (χ2v) is 12.0. The minimum absolute atomic E-state index is 0.104. The third-order valence-corrected chi connectivity index (χ3v) is 8.49. The maximum absolute atomic E-state index is 13.7. The molecule has 0 aliphatic heterocycles. The lowest BCUT2D eigenvalue weighted by molar-refractivity contribution is -0.139. The summed E-state index contributed by atoms with van der Waals surface area (Å²) in [5.74, 6) is -0.0903. The molecule has 1 atom stereocenters. The summed E-state index contributed by atoms with van der Waals surface area (Å²) in [7, 11) is -2.21. The highest BCUT2D eigenvalue weighted by Gasteiger charge is 2.31. The fourth-order valence-corrected chi connectivity index (χ4v) is 5.43. The summed E-state index contributed by atoms with van der Waals surface area (Å²) in [6.45, 7) is 3.23. The maximum Gasteiger partial charge on any atom is 0.244 e. The third kappa shape index (κ3) is 7.22. The summed E-state index contributed by atoms with van der Waals surface area (Å²) in [4.78, 5) is 28.2. The smallest absolute Gasteiger partial charge is 0.244 e. The number of sulfonamides is 1. The molecule has 1 aliphatic rings. The van der Waals surface area contributed by atoms with Gasteiger partial charge < -0.3 is 15.0 Å². The molecule has 2 aromatic rings. The van der Waals surface area contributed by atoms with Gasteiger partial charge in [-0.25, -0.2) is 8.42 Å². The number of benzene rings is 2. The van der Waals surface area contributed by atoms with E-state index in [1.54, 1.807) is 44.4 Å². The standard InChI is InChI=1S/C26H34BrN3O5S/c1-18-14-22(12-13-24(18)27)30(36(4,33)34)17-25(31)29(16-20-8-7-11-23(15-20)35-3)19(2)26(32)28-21-9-5-6-10-21/h7-8,11-15,19,21H,5-6,9-10,16-17H2,1-4H3,(H,28,32). The largest absolute Gasteiger partial charge is 0.497 e. The molecule has 10 heteroatoms. The van der Waals surface area contributed by atoms with E-state index in [1.165, 1.54) is 4.90 Å². The van der Waals surface area contributed by atoms with E-state index < -0.39 is 28.5 Å². The lowest BCUT2D eigenvalue weighted by atomic mass is 10.1. The Bertz CT molecular complexity index is 1200. The summed E-state index contributed by atoms with van der Waals surface area (Å²) in [5.41, 5.74) is 2.00. The highest BCUT2D eigenvalue weighted by atomic mass is 79.9. The molecule has 1 fully saturated rings. The second kappa shape index (κ2) is 12.1. The molecule has 0 heterocycles. The Morgan fingerprint density at radius 3 is 2.47 bits per heavy atom. The van der Waals surface area contributed by atoms with E-state index in [9.17, 15) is 18.0 Å². The molecule has 8 nitrogen and oxygen atoms in total. The number of methoxy groups -OCH3 is 1. The number of anilines is 1. The second-order valence-electron chi connectivity index (χ2n) is 9.24. The van der Waals surface area contributed by atoms with Crippen molar-refractivity contribution in [3.63, 3.8) is 0 Å². The predicted octanol–water partition coefficient (Wildman–Crippen LogP) is 4.01. The van der Waals surface area contributed by atoms with Gasteiger partial charge in [0.15, 0.2) is 0 Å². The predicted molar refractivity (Wildman–Crippen MR) is 144 cm³/mol. The van der Waals surface area contributed by atoms with Gasteiger partial charge in [-0.05, 0) is 68.1 Å². The normalized spacial score (nSPS) is 14.8. The molecule has 0 spiro atoms. The highest BCUT2D eigenvalue weighted by molar-refractivity contribution is 9.10. The molecule has 196 valence electrons. The first kappa shape index (κ1) is 28.0. The molecule has 2 amide bonds. The lowest BCUT2D eigenvalue weighted by Gasteiger charge is -2.32. The van der Waals surface area contributed by atoms with Crippen molar-refractivity contribution in [2.45, 2.75) is 58.2 Å². The van der Waals surface area contributed by atoms with Crippen molar-refractivity contribution in [1.82, 2.24) is 10.2 Å². The van der Waals surface area contributed by atoms with Crippen LogP contribution in [-0.4, -0.2) is 57.1 Å². The first-order chi connectivity index (χ1) is 17.0. The number of rotatable bonds is 10. The number of nitrogens with zero attached hydrogens (tertiary/aromatic N) is 2. The van der Waals surface area contributed by atoms with Crippen LogP contribution in [0.15, 0.2) is 46.9 Å². The number of aryl methyl sites for hydroxylation is 1. The fraction of sp³-hybridized carbons (Fsp3) is 0.462. The van der Waals surface area contributed by atoms with Crippen LogP contribution in [0.3, 0.4) is 0 Å². The van der Waals surface area contributed by atoms with Gasteiger partial charge in [0.1, 0.15) is 18.3 Å². The molecular weight excluding hydrogens is 546 g/mol. The van der Waals surface area contributed by atoms with E-state index in [2.05, 4.69) is 21.2 Å². The Kier molecular flexibility index (Phi) is 9.41. The van der Waals surface area contributed by atoms with Gasteiger partial charge in [-0.2, -0.15) is 0 Å². The van der Waals surface area contributed by atoms with Crippen molar-refractivity contribution in [1.29, 1.82) is 0 Å². The molecule has 3 rings (SSSR count). The number of carbonyl (C=O) groups excluding carboxylic acids is 2. The van der Waals surface area contributed by atoms with Gasteiger partial charge in [0.25, 0.3) is 0 Å². The molecule has 1 saturated carbocycles. The SMILES string of the molecule is COc1cccc(CN(C(=O)CN(c2ccc(Br)c(C)c2)S(C)(=O)=O)C(C)C(=O)NC2CCCC2)c1. The molecule has 1 unspecified atom stereocenters. The van der Waals surface area contributed by atoms with Crippen LogP contribution < -0.4 is 14.4 Å². The van der Waals surface area contributed by atoms with Gasteiger partial charge in [0.2, 0.25) is 21.8 Å². The Balaban J connectivity index is 1.90. The molecule has 0 saturated heterocycles. The molecule has 0 aromatic heterocycles. The van der Waals surface area contributed by atoms with E-state index >= 15 is 0 Å². The topological polar surface area (TPSA) is 96.0 Å². The number of hydrogen-bond acceptors (Lipinski definition) is 5. The monoisotopic (exact) mass is 579 g/mol. The van der Waals surface area contributed by atoms with E-state index in [-0.39, 0.29) is 18.5 Å². The van der Waals surface area contributed by atoms with Gasteiger partial charge in [-0.3, -0.25) is 13.9 Å². The minimum atomic E-state index is -3.77. The van der Waals surface area contributed by atoms with Crippen LogP contribution in [0.1, 0.15) is 43.7 Å². The summed E-state index contributed by atoms with van der Waals surface area (Å²) >= 11 is 3.42. The molecule has 0 radical (unpaired) electrons. The van der Waals surface area contributed by atoms with Crippen LogP contribution in [0.2, 0.25) is 0 Å². The fourth-order valence-electron chi connectivity index (χ4n) is 4.34. The molecule has 2 aromatic carbocycles. The number of ether oxygens (including phenoxy) is 1. The van der Waals surface area contributed by atoms with Crippen molar-refractivity contribution in [3.8, 4) is 5.75 Å². The van der Waals surface area contributed by atoms with E-state index in [0.29, 0.717) is 11.4 Å².